The van der Waals surface area contributed by atoms with Gasteiger partial charge in [-0.25, -0.2) is 4.79 Å². The van der Waals surface area contributed by atoms with Crippen molar-refractivity contribution in [2.24, 2.45) is 0 Å². The van der Waals surface area contributed by atoms with Crippen molar-refractivity contribution in [2.75, 3.05) is 11.9 Å². The van der Waals surface area contributed by atoms with Crippen LogP contribution in [-0.4, -0.2) is 23.4 Å². The smallest absolute Gasteiger partial charge is 0.416 e. The Bertz CT molecular complexity index is 835. The molecule has 2 rings (SSSR count). The summed E-state index contributed by atoms with van der Waals surface area (Å²) in [6.45, 7) is -0.758. The Kier molecular flexibility index (Phi) is 5.55. The second-order valence-electron chi connectivity index (χ2n) is 4.97. The molecule has 0 radical (unpaired) electrons. The van der Waals surface area contributed by atoms with E-state index in [2.05, 4.69) is 10.1 Å². The summed E-state index contributed by atoms with van der Waals surface area (Å²) in [4.78, 5) is 33.6. The fraction of sp³-hybridized carbons (Fsp3) is 0.125. The summed E-state index contributed by atoms with van der Waals surface area (Å²) in [5, 5.41) is 13.1. The molecule has 0 aliphatic heterocycles. The van der Waals surface area contributed by atoms with Crippen LogP contribution in [0.2, 0.25) is 0 Å². The number of carbonyl (C=O) groups excluding carboxylic acids is 2. The molecule has 26 heavy (non-hydrogen) atoms. The first kappa shape index (κ1) is 18.9. The number of rotatable bonds is 5. The monoisotopic (exact) mass is 368 g/mol. The third-order valence-corrected chi connectivity index (χ3v) is 3.16. The summed E-state index contributed by atoms with van der Waals surface area (Å²) in [6, 6.07) is 8.64. The van der Waals surface area contributed by atoms with E-state index < -0.39 is 35.1 Å². The Morgan fingerprint density at radius 1 is 1.08 bits per heavy atom. The Morgan fingerprint density at radius 2 is 1.69 bits per heavy atom. The Balaban J connectivity index is 1.95. The summed E-state index contributed by atoms with van der Waals surface area (Å²) in [6.07, 6.45) is -4.53. The number of para-hydroxylation sites is 2. The topological polar surface area (TPSA) is 98.5 Å². The molecule has 0 heterocycles. The number of carbonyl (C=O) groups is 2. The predicted octanol–water partition coefficient (Wildman–Crippen LogP) is 3.41. The van der Waals surface area contributed by atoms with Gasteiger partial charge in [-0.05, 0) is 30.3 Å². The minimum atomic E-state index is -4.53. The van der Waals surface area contributed by atoms with Crippen LogP contribution < -0.4 is 5.32 Å². The molecule has 0 saturated carbocycles. The number of ether oxygens (including phenoxy) is 1. The number of halogens is 3. The molecular weight excluding hydrogens is 357 g/mol. The first-order valence-electron chi connectivity index (χ1n) is 7.06. The maximum atomic E-state index is 12.5. The van der Waals surface area contributed by atoms with Gasteiger partial charge in [-0.3, -0.25) is 14.9 Å². The van der Waals surface area contributed by atoms with Crippen LogP contribution in [0.15, 0.2) is 48.5 Å². The molecule has 0 aromatic heterocycles. The standard InChI is InChI=1S/C16H11F3N2O5/c17-16(18,19)11-7-5-10(6-8-11)15(23)26-9-14(22)20-12-3-1-2-4-13(12)21(24)25/h1-8H,9H2,(H,20,22). The van der Waals surface area contributed by atoms with Crippen molar-refractivity contribution >= 4 is 23.3 Å². The van der Waals surface area contributed by atoms with E-state index in [-0.39, 0.29) is 16.9 Å². The number of anilines is 1. The highest BCUT2D eigenvalue weighted by Crippen LogP contribution is 2.29. The van der Waals surface area contributed by atoms with Crippen LogP contribution in [0.4, 0.5) is 24.5 Å². The van der Waals surface area contributed by atoms with Gasteiger partial charge < -0.3 is 10.1 Å². The zero-order valence-electron chi connectivity index (χ0n) is 12.9. The van der Waals surface area contributed by atoms with E-state index >= 15 is 0 Å². The lowest BCUT2D eigenvalue weighted by molar-refractivity contribution is -0.383. The van der Waals surface area contributed by atoms with Crippen molar-refractivity contribution in [2.45, 2.75) is 6.18 Å². The van der Waals surface area contributed by atoms with Gasteiger partial charge >= 0.3 is 12.1 Å². The lowest BCUT2D eigenvalue weighted by Gasteiger charge is -2.08. The molecule has 0 atom stereocenters. The zero-order chi connectivity index (χ0) is 19.3. The fourth-order valence-electron chi connectivity index (χ4n) is 1.93. The van der Waals surface area contributed by atoms with Gasteiger partial charge in [0.25, 0.3) is 11.6 Å². The van der Waals surface area contributed by atoms with E-state index in [1.165, 1.54) is 24.3 Å². The third-order valence-electron chi connectivity index (χ3n) is 3.16. The number of nitrogens with zero attached hydrogens (tertiary/aromatic N) is 1. The number of esters is 1. The van der Waals surface area contributed by atoms with Crippen LogP contribution in [0.1, 0.15) is 15.9 Å². The molecule has 0 fully saturated rings. The van der Waals surface area contributed by atoms with Crippen LogP contribution in [0.3, 0.4) is 0 Å². The minimum Gasteiger partial charge on any atom is -0.452 e. The molecule has 0 aliphatic carbocycles. The molecule has 0 aliphatic rings. The number of hydrogen-bond acceptors (Lipinski definition) is 5. The molecule has 0 saturated heterocycles. The van der Waals surface area contributed by atoms with Gasteiger partial charge in [0.2, 0.25) is 0 Å². The van der Waals surface area contributed by atoms with Crippen LogP contribution in [0.25, 0.3) is 0 Å². The van der Waals surface area contributed by atoms with E-state index in [4.69, 9.17) is 0 Å². The first-order chi connectivity index (χ1) is 12.2. The third kappa shape index (κ3) is 4.79. The second kappa shape index (κ2) is 7.64. The van der Waals surface area contributed by atoms with E-state index in [1.54, 1.807) is 0 Å². The molecule has 0 spiro atoms. The van der Waals surface area contributed by atoms with E-state index in [1.807, 2.05) is 0 Å². The summed E-state index contributed by atoms with van der Waals surface area (Å²) in [7, 11) is 0. The van der Waals surface area contributed by atoms with Crippen molar-refractivity contribution < 1.29 is 32.4 Å². The van der Waals surface area contributed by atoms with Gasteiger partial charge in [-0.2, -0.15) is 13.2 Å². The summed E-state index contributed by atoms with van der Waals surface area (Å²) in [5.41, 5.74) is -1.51. The lowest BCUT2D eigenvalue weighted by atomic mass is 10.1. The largest absolute Gasteiger partial charge is 0.452 e. The highest BCUT2D eigenvalue weighted by molar-refractivity contribution is 5.96. The van der Waals surface area contributed by atoms with Gasteiger partial charge in [0, 0.05) is 6.07 Å². The number of nitro benzene ring substituents is 1. The van der Waals surface area contributed by atoms with Crippen LogP contribution in [0.5, 0.6) is 0 Å². The van der Waals surface area contributed by atoms with Gasteiger partial charge in [-0.15, -0.1) is 0 Å². The quantitative estimate of drug-likeness (QED) is 0.495. The summed E-state index contributed by atoms with van der Waals surface area (Å²) in [5.74, 6) is -1.84. The average Bonchev–Trinajstić information content (AvgIpc) is 2.59. The fourth-order valence-corrected chi connectivity index (χ4v) is 1.93. The summed E-state index contributed by atoms with van der Waals surface area (Å²) >= 11 is 0. The van der Waals surface area contributed by atoms with Gasteiger partial charge in [0.15, 0.2) is 6.61 Å². The molecule has 2 aromatic carbocycles. The summed E-state index contributed by atoms with van der Waals surface area (Å²) < 4.78 is 42.0. The predicted molar refractivity (Wildman–Crippen MR) is 83.5 cm³/mol. The molecule has 136 valence electrons. The average molecular weight is 368 g/mol. The second-order valence-corrected chi connectivity index (χ2v) is 4.97. The molecular formula is C16H11F3N2O5. The first-order valence-corrected chi connectivity index (χ1v) is 7.06. The normalized spacial score (nSPS) is 10.9. The molecule has 7 nitrogen and oxygen atoms in total. The molecule has 1 amide bonds. The number of benzene rings is 2. The number of hydrogen-bond donors (Lipinski definition) is 1. The lowest BCUT2D eigenvalue weighted by Crippen LogP contribution is -2.21. The maximum Gasteiger partial charge on any atom is 0.416 e. The molecule has 1 N–H and O–H groups in total. The van der Waals surface area contributed by atoms with Gasteiger partial charge in [0.1, 0.15) is 5.69 Å². The minimum absolute atomic E-state index is 0.0759. The SMILES string of the molecule is O=C(COC(=O)c1ccc(C(F)(F)F)cc1)Nc1ccccc1[N+](=O)[O-]. The molecule has 10 heteroatoms. The highest BCUT2D eigenvalue weighted by atomic mass is 19.4. The van der Waals surface area contributed by atoms with Crippen molar-refractivity contribution in [3.05, 3.63) is 69.8 Å². The highest BCUT2D eigenvalue weighted by Gasteiger charge is 2.30. The molecule has 0 bridgehead atoms. The van der Waals surface area contributed by atoms with Crippen LogP contribution >= 0.6 is 0 Å². The Labute approximate surface area is 144 Å². The Morgan fingerprint density at radius 3 is 2.27 bits per heavy atom. The number of nitro groups is 1. The van der Waals surface area contributed by atoms with Crippen molar-refractivity contribution in [3.8, 4) is 0 Å². The van der Waals surface area contributed by atoms with E-state index in [9.17, 15) is 32.9 Å². The molecule has 0 unspecified atom stereocenters. The van der Waals surface area contributed by atoms with Gasteiger partial charge in [0.05, 0.1) is 16.1 Å². The zero-order valence-corrected chi connectivity index (χ0v) is 12.9. The Hall–Kier alpha value is -3.43. The van der Waals surface area contributed by atoms with Crippen molar-refractivity contribution in [3.63, 3.8) is 0 Å². The van der Waals surface area contributed by atoms with E-state index in [0.29, 0.717) is 12.1 Å². The number of alkyl halides is 3. The number of amides is 1. The number of nitrogens with one attached hydrogen (secondary N) is 1. The van der Waals surface area contributed by atoms with Crippen molar-refractivity contribution in [1.29, 1.82) is 0 Å². The molecule has 2 aromatic rings. The van der Waals surface area contributed by atoms with E-state index in [0.717, 1.165) is 12.1 Å². The van der Waals surface area contributed by atoms with Crippen LogP contribution in [0, 0.1) is 10.1 Å². The van der Waals surface area contributed by atoms with Gasteiger partial charge in [-0.1, -0.05) is 12.1 Å². The van der Waals surface area contributed by atoms with Crippen LogP contribution in [-0.2, 0) is 15.7 Å². The maximum absolute atomic E-state index is 12.5. The van der Waals surface area contributed by atoms with Crippen molar-refractivity contribution in [1.82, 2.24) is 0 Å².